The molecule has 18 N–H and O–H groups in total. The molecule has 3 aromatic rings. The summed E-state index contributed by atoms with van der Waals surface area (Å²) >= 11 is 0. The van der Waals surface area contributed by atoms with Gasteiger partial charge in [-0.1, -0.05) is 63.9 Å². The van der Waals surface area contributed by atoms with Gasteiger partial charge in [0.15, 0.2) is 34.2 Å². The van der Waals surface area contributed by atoms with Gasteiger partial charge in [0.25, 0.3) is 17.7 Å². The van der Waals surface area contributed by atoms with Crippen molar-refractivity contribution in [3.05, 3.63) is 131 Å². The Morgan fingerprint density at radius 2 is 0.884 bits per heavy atom. The Morgan fingerprint density at radius 3 is 1.28 bits per heavy atom. The second kappa shape index (κ2) is 31.6. The topological polar surface area (TPSA) is 514 Å². The van der Waals surface area contributed by atoms with Crippen molar-refractivity contribution in [3.8, 4) is 40.9 Å². The number of carbonyl (C=O) groups excluding carboxylic acids is 10. The van der Waals surface area contributed by atoms with Crippen LogP contribution < -0.4 is 22.1 Å². The Labute approximate surface area is 645 Å². The zero-order chi connectivity index (χ0) is 82.9. The molecular weight excluding hydrogens is 1450 g/mol. The maximum absolute atomic E-state index is 14.0. The number of phenols is 3. The van der Waals surface area contributed by atoms with Crippen molar-refractivity contribution in [2.24, 2.45) is 52.7 Å². The highest BCUT2D eigenvalue weighted by Gasteiger charge is 2.68. The van der Waals surface area contributed by atoms with Gasteiger partial charge in [-0.2, -0.15) is 0 Å². The van der Waals surface area contributed by atoms with E-state index in [0.717, 1.165) is 49.7 Å². The second-order valence-electron chi connectivity index (χ2n) is 30.8. The van der Waals surface area contributed by atoms with Gasteiger partial charge in [0.1, 0.15) is 68.5 Å². The smallest absolute Gasteiger partial charge is 0.384 e. The fourth-order valence-electron chi connectivity index (χ4n) is 18.0. The molecule has 0 bridgehead atoms. The van der Waals surface area contributed by atoms with Crippen LogP contribution in [0.5, 0.6) is 17.2 Å². The summed E-state index contributed by atoms with van der Waals surface area (Å²) < 4.78 is 5.05. The number of ether oxygens (including phenoxy) is 1. The summed E-state index contributed by atoms with van der Waals surface area (Å²) in [7, 11) is 12.8. The third-order valence-electron chi connectivity index (χ3n) is 23.2. The summed E-state index contributed by atoms with van der Waals surface area (Å²) in [5, 5.41) is 134. The first-order chi connectivity index (χ1) is 52.6. The van der Waals surface area contributed by atoms with Crippen LogP contribution in [0.2, 0.25) is 0 Å². The Kier molecular flexibility index (Phi) is 23.5. The first-order valence-electron chi connectivity index (χ1n) is 37.0. The lowest BCUT2D eigenvalue weighted by atomic mass is 9.57. The van der Waals surface area contributed by atoms with Crippen LogP contribution in [-0.2, 0) is 78.4 Å². The van der Waals surface area contributed by atoms with Crippen LogP contribution in [0.3, 0.4) is 0 Å². The van der Waals surface area contributed by atoms with Gasteiger partial charge in [0.05, 0.1) is 47.0 Å². The van der Waals surface area contributed by atoms with Gasteiger partial charge >= 0.3 is 5.97 Å². The average molecular weight is 1550 g/mol. The number of amides is 3. The van der Waals surface area contributed by atoms with Crippen molar-refractivity contribution in [2.75, 3.05) is 67.9 Å². The number of aromatic hydroxyl groups is 3. The van der Waals surface area contributed by atoms with E-state index in [1.807, 2.05) is 19.9 Å². The van der Waals surface area contributed by atoms with E-state index in [0.29, 0.717) is 41.6 Å². The molecule has 30 nitrogen and oxygen atoms in total. The first kappa shape index (κ1) is 83.4. The normalized spacial score (nSPS) is 26.8. The van der Waals surface area contributed by atoms with E-state index in [9.17, 15) is 109 Å². The number of anilines is 1. The monoisotopic (exact) mass is 1550 g/mol. The van der Waals surface area contributed by atoms with Crippen LogP contribution in [0, 0.1) is 59.2 Å². The number of aliphatic hydroxyl groups excluding tert-OH is 6. The maximum atomic E-state index is 14.0. The number of aryl methyl sites for hydroxylation is 1. The molecular formula is C82H95N7O23. The molecule has 3 fully saturated rings. The summed E-state index contributed by atoms with van der Waals surface area (Å²) in [4.78, 5) is 135. The number of hydrogen-bond acceptors (Lipinski definition) is 27. The number of fused-ring (bicyclic) bond motifs is 9. The van der Waals surface area contributed by atoms with Crippen LogP contribution in [0.4, 0.5) is 5.69 Å². The van der Waals surface area contributed by atoms with Gasteiger partial charge in [0.2, 0.25) is 17.3 Å². The number of rotatable bonds is 15. The van der Waals surface area contributed by atoms with Crippen molar-refractivity contribution >= 4 is 81.4 Å². The van der Waals surface area contributed by atoms with Crippen molar-refractivity contribution in [2.45, 2.75) is 146 Å². The fourth-order valence-corrected chi connectivity index (χ4v) is 18.0. The number of Topliss-reactive ketones (excluding diaryl/α,β-unsaturated/α-hetero) is 6. The van der Waals surface area contributed by atoms with Gasteiger partial charge in [-0.15, -0.1) is 0 Å². The molecule has 30 heteroatoms. The highest BCUT2D eigenvalue weighted by atomic mass is 16.5. The van der Waals surface area contributed by atoms with Crippen molar-refractivity contribution in [1.82, 2.24) is 14.7 Å². The Bertz CT molecular complexity index is 4930. The summed E-state index contributed by atoms with van der Waals surface area (Å²) in [5.74, 6) is -10.2. The number of carbonyl (C=O) groups is 10. The average Bonchev–Trinajstić information content (AvgIpc) is 0.709. The lowest BCUT2D eigenvalue weighted by molar-refractivity contribution is -0.155. The van der Waals surface area contributed by atoms with E-state index < -0.39 is 186 Å². The number of phenolic OH excluding ortho intramolecular Hbond substituents is 3. The molecule has 9 aliphatic carbocycles. The van der Waals surface area contributed by atoms with Crippen molar-refractivity contribution in [1.29, 1.82) is 0 Å². The predicted octanol–water partition coefficient (Wildman–Crippen LogP) is 3.54. The number of benzene rings is 3. The van der Waals surface area contributed by atoms with E-state index in [1.165, 1.54) is 40.9 Å². The lowest BCUT2D eigenvalue weighted by Crippen LogP contribution is -2.65. The van der Waals surface area contributed by atoms with E-state index in [-0.39, 0.29) is 89.2 Å². The number of nitrogens with zero attached hydrogens (tertiary/aromatic N) is 4. The third-order valence-corrected chi connectivity index (χ3v) is 23.2. The number of ketones is 6. The fraction of sp³-hybridized carbons (Fsp3) is 0.463. The molecule has 596 valence electrons. The Morgan fingerprint density at radius 1 is 0.491 bits per heavy atom. The number of esters is 1. The van der Waals surface area contributed by atoms with Crippen LogP contribution >= 0.6 is 0 Å². The quantitative estimate of drug-likeness (QED) is 0.0448. The molecule has 12 rings (SSSR count). The molecule has 0 radical (unpaired) electrons. The molecule has 0 aromatic heterocycles. The van der Waals surface area contributed by atoms with Gasteiger partial charge in [-0.05, 0) is 171 Å². The molecule has 3 saturated carbocycles. The van der Waals surface area contributed by atoms with Gasteiger partial charge < -0.3 is 88.1 Å². The van der Waals surface area contributed by atoms with Gasteiger partial charge in [-0.25, -0.2) is 4.79 Å². The first-order valence-corrected chi connectivity index (χ1v) is 37.0. The Hall–Kier alpha value is -11.1. The molecule has 112 heavy (non-hydrogen) atoms. The molecule has 9 aliphatic rings. The van der Waals surface area contributed by atoms with E-state index in [4.69, 9.17) is 21.9 Å². The highest BCUT2D eigenvalue weighted by molar-refractivity contribution is 6.27. The van der Waals surface area contributed by atoms with Crippen LogP contribution in [-0.4, -0.2) is 232 Å². The maximum Gasteiger partial charge on any atom is 0.384 e. The summed E-state index contributed by atoms with van der Waals surface area (Å²) in [5.41, 5.74) is 8.93. The number of hydrogen-bond donors (Lipinski definition) is 15. The Balaban J connectivity index is 0.000000179. The number of nitrogens with two attached hydrogens (primary N) is 3. The van der Waals surface area contributed by atoms with Crippen LogP contribution in [0.15, 0.2) is 81.0 Å². The van der Waals surface area contributed by atoms with E-state index in [1.54, 1.807) is 59.3 Å². The molecule has 0 aliphatic heterocycles. The molecule has 12 atom stereocenters. The minimum atomic E-state index is -2.73. The minimum absolute atomic E-state index is 0.00923. The molecule has 3 amide bonds. The minimum Gasteiger partial charge on any atom is -0.508 e. The number of aliphatic hydroxyl groups is 9. The molecule has 3 aromatic carbocycles. The molecule has 0 spiro atoms. The summed E-state index contributed by atoms with van der Waals surface area (Å²) in [6.45, 7) is 6.23. The largest absolute Gasteiger partial charge is 0.508 e. The zero-order valence-electron chi connectivity index (χ0n) is 64.1. The summed E-state index contributed by atoms with van der Waals surface area (Å²) in [6, 6.07) is 4.52. The summed E-state index contributed by atoms with van der Waals surface area (Å²) in [6.07, 6.45) is 7.56. The molecule has 0 unspecified atom stereocenters. The number of primary amides is 3. The number of unbranched alkanes of at least 4 members (excludes halogenated alkanes) is 4. The van der Waals surface area contributed by atoms with Crippen molar-refractivity contribution in [3.63, 3.8) is 0 Å². The highest BCUT2D eigenvalue weighted by Crippen LogP contribution is 2.58. The SMILES string of the molecule is CCCC#Cc1ccc(O)c2c1C[C@H]1C[C@H]3[C@H](N(C)C)C(=O)C(C(N)=O)=C(O)[C@@]3(O)C(=O)C1=C2O.CCCCCc1ccc(O)c2c1C[C@H]1C[C@H]3[C@H](N(C)C)C(=O)C(C(N)=O)=C(O)[C@@]3(O)C(=O)C1=C2O.CCCCOC(=O)C#Cc1cc(N(C)C)c2c(c1O)C(O)=C1C(=O)[C@]3(O)C(O)=C(C(N)=O)C(=O)[C@@H](N(C)C)[C@@H]3C[C@@H]1C2. The third kappa shape index (κ3) is 13.5. The lowest BCUT2D eigenvalue weighted by Gasteiger charge is -2.50. The molecule has 0 heterocycles. The van der Waals surface area contributed by atoms with E-state index in [2.05, 4.69) is 30.6 Å². The second-order valence-corrected chi connectivity index (χ2v) is 30.8. The predicted molar refractivity (Wildman–Crippen MR) is 405 cm³/mol. The van der Waals surface area contributed by atoms with Crippen molar-refractivity contribution < 1.29 is 114 Å². The van der Waals surface area contributed by atoms with Gasteiger partial charge in [0, 0.05) is 72.2 Å². The number of likely N-dealkylation sites (N-methyl/N-ethyl adjacent to an activating group) is 3. The van der Waals surface area contributed by atoms with Crippen LogP contribution in [0.1, 0.15) is 135 Å². The molecule has 0 saturated heterocycles. The van der Waals surface area contributed by atoms with Crippen LogP contribution in [0.25, 0.3) is 17.3 Å². The van der Waals surface area contributed by atoms with Gasteiger partial charge in [-0.3, -0.25) is 57.9 Å². The van der Waals surface area contributed by atoms with E-state index >= 15 is 0 Å². The standard InChI is InChI=1S/C30H35N3O9.C26H32N2O7.C26H28N2O7/c1-6-7-10-42-19(34)9-8-14-13-18(32(2)3)16-11-15-12-17-23(33(4)5)26(37)22(29(31)40)28(39)30(17,41)27(38)20(15)25(36)21(16)24(14)35;2*1-4-5-6-7-12-8-9-16(29)18-14(12)10-13-11-15-20(28(2)3)22(31)19(25(27)34)24(33)26(15,35)23(32)17(13)21(18)30/h13,15,17,23,35-36,39,41H,6-7,10-12H2,1-5H3,(H2,31,40);8-9,13,15,20,29-30,33,35H,4-7,10-11H2,1-3H3,(H2,27,34);8-9,13,15,20,29-30,33,35H,4-5,10-11H2,1-3H3,(H2,27,34)/t15-,17-,23-,30-;2*13-,15-,20-,26-/m000/s1. The zero-order valence-corrected chi connectivity index (χ0v) is 64.1.